The van der Waals surface area contributed by atoms with Gasteiger partial charge in [0.1, 0.15) is 0 Å². The number of aromatic nitrogens is 2. The van der Waals surface area contributed by atoms with Crippen LogP contribution >= 0.6 is 0 Å². The first-order valence-corrected chi connectivity index (χ1v) is 8.53. The number of aryl methyl sites for hydroxylation is 1. The molecule has 0 saturated heterocycles. The minimum absolute atomic E-state index is 0.0252. The highest BCUT2D eigenvalue weighted by Gasteiger charge is 2.21. The predicted octanol–water partition coefficient (Wildman–Crippen LogP) is 1.95. The Morgan fingerprint density at radius 2 is 2.09 bits per heavy atom. The quantitative estimate of drug-likeness (QED) is 0.839. The van der Waals surface area contributed by atoms with Crippen molar-refractivity contribution >= 4 is 11.9 Å². The molecule has 0 aromatic carbocycles. The molecule has 2 rings (SSSR count). The molecule has 1 atom stereocenters. The van der Waals surface area contributed by atoms with Gasteiger partial charge < -0.3 is 15.5 Å². The standard InChI is InChI=1S/C17H29N5O/c1-12(20-16(23)11-18-3)15-10-19-17(21-13(15)2)22(4)14-8-6-5-7-9-14/h10,12,14,18H,5-9,11H2,1-4H3,(H,20,23). The van der Waals surface area contributed by atoms with E-state index < -0.39 is 0 Å². The second kappa shape index (κ2) is 8.24. The molecule has 23 heavy (non-hydrogen) atoms. The predicted molar refractivity (Wildman–Crippen MR) is 92.5 cm³/mol. The van der Waals surface area contributed by atoms with Crippen LogP contribution in [0.25, 0.3) is 0 Å². The van der Waals surface area contributed by atoms with Crippen molar-refractivity contribution in [2.75, 3.05) is 25.5 Å². The van der Waals surface area contributed by atoms with E-state index in [0.717, 1.165) is 17.2 Å². The van der Waals surface area contributed by atoms with Gasteiger partial charge in [0, 0.05) is 30.5 Å². The van der Waals surface area contributed by atoms with Crippen molar-refractivity contribution in [3.8, 4) is 0 Å². The van der Waals surface area contributed by atoms with Crippen LogP contribution in [0.1, 0.15) is 56.3 Å². The largest absolute Gasteiger partial charge is 0.348 e. The molecule has 6 heteroatoms. The molecule has 128 valence electrons. The molecule has 0 spiro atoms. The maximum Gasteiger partial charge on any atom is 0.234 e. The average molecular weight is 319 g/mol. The SMILES string of the molecule is CNCC(=O)NC(C)c1cnc(N(C)C2CCCCC2)nc1C. The number of amides is 1. The summed E-state index contributed by atoms with van der Waals surface area (Å²) in [6.07, 6.45) is 8.21. The molecule has 2 N–H and O–H groups in total. The fourth-order valence-electron chi connectivity index (χ4n) is 3.22. The van der Waals surface area contributed by atoms with Crippen LogP contribution in [0.2, 0.25) is 0 Å². The van der Waals surface area contributed by atoms with Crippen LogP contribution in [-0.4, -0.2) is 42.6 Å². The summed E-state index contributed by atoms with van der Waals surface area (Å²) in [7, 11) is 3.84. The lowest BCUT2D eigenvalue weighted by atomic mass is 9.95. The van der Waals surface area contributed by atoms with E-state index in [1.165, 1.54) is 32.1 Å². The van der Waals surface area contributed by atoms with E-state index in [2.05, 4.69) is 32.5 Å². The minimum atomic E-state index is -0.0927. The lowest BCUT2D eigenvalue weighted by Gasteiger charge is -2.31. The molecular weight excluding hydrogens is 290 g/mol. The molecule has 0 radical (unpaired) electrons. The second-order valence-electron chi connectivity index (χ2n) is 6.43. The maximum atomic E-state index is 11.7. The monoisotopic (exact) mass is 319 g/mol. The minimum Gasteiger partial charge on any atom is -0.348 e. The Kier molecular flexibility index (Phi) is 6.33. The fourth-order valence-corrected chi connectivity index (χ4v) is 3.22. The third-order valence-corrected chi connectivity index (χ3v) is 4.62. The Morgan fingerprint density at radius 1 is 1.39 bits per heavy atom. The van der Waals surface area contributed by atoms with Gasteiger partial charge in [0.05, 0.1) is 12.6 Å². The van der Waals surface area contributed by atoms with Crippen molar-refractivity contribution < 1.29 is 4.79 Å². The number of hydrogen-bond donors (Lipinski definition) is 2. The Bertz CT molecular complexity index is 528. The molecular formula is C17H29N5O. The first-order valence-electron chi connectivity index (χ1n) is 8.53. The van der Waals surface area contributed by atoms with E-state index in [-0.39, 0.29) is 11.9 Å². The molecule has 1 saturated carbocycles. The highest BCUT2D eigenvalue weighted by Crippen LogP contribution is 2.25. The number of rotatable bonds is 6. The normalized spacial score (nSPS) is 16.9. The molecule has 1 aliphatic carbocycles. The van der Waals surface area contributed by atoms with Crippen LogP contribution in [0.4, 0.5) is 5.95 Å². The summed E-state index contributed by atoms with van der Waals surface area (Å²) >= 11 is 0. The molecule has 1 aromatic heterocycles. The van der Waals surface area contributed by atoms with Gasteiger partial charge in [-0.1, -0.05) is 19.3 Å². The van der Waals surface area contributed by atoms with Crippen LogP contribution in [-0.2, 0) is 4.79 Å². The van der Waals surface area contributed by atoms with Crippen LogP contribution < -0.4 is 15.5 Å². The van der Waals surface area contributed by atoms with Crippen molar-refractivity contribution in [1.29, 1.82) is 0 Å². The van der Waals surface area contributed by atoms with Gasteiger partial charge in [0.2, 0.25) is 11.9 Å². The first kappa shape index (κ1) is 17.7. The van der Waals surface area contributed by atoms with Crippen molar-refractivity contribution in [2.24, 2.45) is 0 Å². The van der Waals surface area contributed by atoms with Gasteiger partial charge in [-0.3, -0.25) is 4.79 Å². The lowest BCUT2D eigenvalue weighted by Crippen LogP contribution is -2.35. The van der Waals surface area contributed by atoms with Gasteiger partial charge in [-0.05, 0) is 33.7 Å². The van der Waals surface area contributed by atoms with E-state index in [1.807, 2.05) is 20.0 Å². The number of nitrogens with zero attached hydrogens (tertiary/aromatic N) is 3. The lowest BCUT2D eigenvalue weighted by molar-refractivity contribution is -0.120. The van der Waals surface area contributed by atoms with Crippen molar-refractivity contribution in [1.82, 2.24) is 20.6 Å². The summed E-state index contributed by atoms with van der Waals surface area (Å²) in [5, 5.41) is 5.80. The van der Waals surface area contributed by atoms with Crippen LogP contribution in [0.5, 0.6) is 0 Å². The summed E-state index contributed by atoms with van der Waals surface area (Å²) in [6.45, 7) is 4.26. The summed E-state index contributed by atoms with van der Waals surface area (Å²) in [4.78, 5) is 23.1. The average Bonchev–Trinajstić information content (AvgIpc) is 2.54. The van der Waals surface area contributed by atoms with Crippen LogP contribution in [0.15, 0.2) is 6.20 Å². The van der Waals surface area contributed by atoms with E-state index in [4.69, 9.17) is 0 Å². The maximum absolute atomic E-state index is 11.7. The number of likely N-dealkylation sites (N-methyl/N-ethyl adjacent to an activating group) is 1. The van der Waals surface area contributed by atoms with Gasteiger partial charge in [-0.15, -0.1) is 0 Å². The fraction of sp³-hybridized carbons (Fsp3) is 0.706. The molecule has 1 amide bonds. The topological polar surface area (TPSA) is 70.2 Å². The molecule has 0 bridgehead atoms. The highest BCUT2D eigenvalue weighted by atomic mass is 16.1. The van der Waals surface area contributed by atoms with E-state index in [0.29, 0.717) is 12.6 Å². The highest BCUT2D eigenvalue weighted by molar-refractivity contribution is 5.78. The van der Waals surface area contributed by atoms with Gasteiger partial charge in [0.15, 0.2) is 0 Å². The Morgan fingerprint density at radius 3 is 2.70 bits per heavy atom. The number of nitrogens with one attached hydrogen (secondary N) is 2. The number of anilines is 1. The molecule has 1 unspecified atom stereocenters. The van der Waals surface area contributed by atoms with Gasteiger partial charge in [-0.25, -0.2) is 9.97 Å². The molecule has 6 nitrogen and oxygen atoms in total. The van der Waals surface area contributed by atoms with E-state index in [9.17, 15) is 4.79 Å². The Labute approximate surface area is 139 Å². The van der Waals surface area contributed by atoms with Crippen molar-refractivity contribution in [3.63, 3.8) is 0 Å². The van der Waals surface area contributed by atoms with Gasteiger partial charge in [0.25, 0.3) is 0 Å². The summed E-state index contributed by atoms with van der Waals surface area (Å²) in [5.74, 6) is 0.759. The smallest absolute Gasteiger partial charge is 0.234 e. The van der Waals surface area contributed by atoms with Crippen LogP contribution in [0, 0.1) is 6.92 Å². The van der Waals surface area contributed by atoms with Gasteiger partial charge in [-0.2, -0.15) is 0 Å². The van der Waals surface area contributed by atoms with Gasteiger partial charge >= 0.3 is 0 Å². The molecule has 1 fully saturated rings. The van der Waals surface area contributed by atoms with E-state index in [1.54, 1.807) is 7.05 Å². The van der Waals surface area contributed by atoms with Crippen molar-refractivity contribution in [2.45, 2.75) is 58.0 Å². The molecule has 1 aromatic rings. The number of carbonyl (C=O) groups is 1. The zero-order valence-corrected chi connectivity index (χ0v) is 14.7. The van der Waals surface area contributed by atoms with Crippen LogP contribution in [0.3, 0.4) is 0 Å². The molecule has 1 heterocycles. The Hall–Kier alpha value is -1.69. The first-order chi connectivity index (χ1) is 11.0. The summed E-state index contributed by atoms with van der Waals surface area (Å²) < 4.78 is 0. The zero-order chi connectivity index (χ0) is 16.8. The third kappa shape index (κ3) is 4.64. The van der Waals surface area contributed by atoms with E-state index >= 15 is 0 Å². The van der Waals surface area contributed by atoms with Crippen molar-refractivity contribution in [3.05, 3.63) is 17.5 Å². The molecule has 0 aliphatic heterocycles. The number of carbonyl (C=O) groups excluding carboxylic acids is 1. The second-order valence-corrected chi connectivity index (χ2v) is 6.43. The summed E-state index contributed by atoms with van der Waals surface area (Å²) in [6, 6.07) is 0.451. The molecule has 1 aliphatic rings. The Balaban J connectivity index is 2.06. The summed E-state index contributed by atoms with van der Waals surface area (Å²) in [5.41, 5.74) is 1.89. The third-order valence-electron chi connectivity index (χ3n) is 4.62. The zero-order valence-electron chi connectivity index (χ0n) is 14.7. The number of hydrogen-bond acceptors (Lipinski definition) is 5.